The molecule has 5 rings (SSSR count). The minimum absolute atomic E-state index is 0.0197. The number of Topliss-reactive ketones (excluding diaryl/α,β-unsaturated/α-hetero) is 1. The zero-order chi connectivity index (χ0) is 26.6. The number of carboxylic acid groups (broad SMARTS) is 1. The molecule has 4 aromatic rings. The minimum Gasteiger partial charge on any atom is -0.465 e. The Morgan fingerprint density at radius 2 is 1.89 bits per heavy atom. The maximum Gasteiger partial charge on any atom is 0.408 e. The van der Waals surface area contributed by atoms with E-state index in [2.05, 4.69) is 20.6 Å². The lowest BCUT2D eigenvalue weighted by Crippen LogP contribution is -2.38. The number of carbonyl (C=O) groups excluding carboxylic acids is 2. The van der Waals surface area contributed by atoms with Crippen LogP contribution in [0.25, 0.3) is 11.3 Å². The van der Waals surface area contributed by atoms with Gasteiger partial charge >= 0.3 is 6.09 Å². The maximum atomic E-state index is 13.0. The highest BCUT2D eigenvalue weighted by Gasteiger charge is 2.32. The highest BCUT2D eigenvalue weighted by Crippen LogP contribution is 2.38. The minimum atomic E-state index is -1.19. The van der Waals surface area contributed by atoms with Crippen LogP contribution in [0.3, 0.4) is 0 Å². The standard InChI is InChI=1S/C27H22FN5O5/c28-15-38-19-8-4-5-17(11-19)26(35)32-22-12-16(9-10-29-22)24-25(30-18-6-2-1-3-7-18)23-20(31-24)13-33(27(36)37)14-21(23)34/h1-12,30-31H,13-15H2,(H,36,37)(H,29,32,35). The summed E-state index contributed by atoms with van der Waals surface area (Å²) in [5.74, 6) is -0.358. The maximum absolute atomic E-state index is 13.0. The van der Waals surface area contributed by atoms with Crippen LogP contribution in [0.2, 0.25) is 0 Å². The summed E-state index contributed by atoms with van der Waals surface area (Å²) in [7, 11) is 0. The topological polar surface area (TPSA) is 137 Å². The van der Waals surface area contributed by atoms with Crippen molar-refractivity contribution in [3.05, 3.63) is 89.7 Å². The van der Waals surface area contributed by atoms with Gasteiger partial charge in [-0.2, -0.15) is 0 Å². The number of benzene rings is 2. The first-order valence-electron chi connectivity index (χ1n) is 11.6. The number of carbonyl (C=O) groups is 3. The van der Waals surface area contributed by atoms with Crippen molar-refractivity contribution in [2.24, 2.45) is 0 Å². The first-order chi connectivity index (χ1) is 18.4. The van der Waals surface area contributed by atoms with Crippen molar-refractivity contribution < 1.29 is 28.6 Å². The number of aromatic amines is 1. The third-order valence-electron chi connectivity index (χ3n) is 5.96. The van der Waals surface area contributed by atoms with Crippen LogP contribution in [0, 0.1) is 0 Å². The molecule has 192 valence electrons. The largest absolute Gasteiger partial charge is 0.465 e. The van der Waals surface area contributed by atoms with Crippen LogP contribution in [-0.2, 0) is 6.54 Å². The number of rotatable bonds is 7. The molecule has 10 nitrogen and oxygen atoms in total. The number of halogens is 1. The van der Waals surface area contributed by atoms with Gasteiger partial charge in [-0.05, 0) is 42.5 Å². The number of hydrogen-bond donors (Lipinski definition) is 4. The van der Waals surface area contributed by atoms with Gasteiger partial charge in [-0.3, -0.25) is 14.5 Å². The van der Waals surface area contributed by atoms with Crippen LogP contribution >= 0.6 is 0 Å². The lowest BCUT2D eigenvalue weighted by atomic mass is 10.0. The molecule has 0 bridgehead atoms. The van der Waals surface area contributed by atoms with Crippen molar-refractivity contribution >= 4 is 35.0 Å². The Hall–Kier alpha value is -5.19. The molecule has 1 aliphatic rings. The van der Waals surface area contributed by atoms with Gasteiger partial charge in [0.2, 0.25) is 6.86 Å². The number of nitrogens with zero attached hydrogens (tertiary/aromatic N) is 2. The van der Waals surface area contributed by atoms with E-state index in [1.54, 1.807) is 24.3 Å². The normalized spacial score (nSPS) is 12.6. The number of ketones is 1. The molecule has 0 saturated carbocycles. The summed E-state index contributed by atoms with van der Waals surface area (Å²) in [6.07, 6.45) is 0.318. The predicted molar refractivity (Wildman–Crippen MR) is 138 cm³/mol. The number of nitrogens with one attached hydrogen (secondary N) is 3. The van der Waals surface area contributed by atoms with Crippen molar-refractivity contribution in [1.29, 1.82) is 0 Å². The monoisotopic (exact) mass is 515 g/mol. The van der Waals surface area contributed by atoms with Crippen molar-refractivity contribution in [3.63, 3.8) is 0 Å². The van der Waals surface area contributed by atoms with Gasteiger partial charge in [-0.15, -0.1) is 0 Å². The molecule has 2 aromatic heterocycles. The fourth-order valence-corrected chi connectivity index (χ4v) is 4.25. The Morgan fingerprint density at radius 3 is 2.66 bits per heavy atom. The molecule has 0 aliphatic carbocycles. The summed E-state index contributed by atoms with van der Waals surface area (Å²) in [4.78, 5) is 45.9. The number of amides is 2. The smallest absolute Gasteiger partial charge is 0.408 e. The molecule has 4 N–H and O–H groups in total. The van der Waals surface area contributed by atoms with Crippen LogP contribution in [0.15, 0.2) is 72.9 Å². The zero-order valence-electron chi connectivity index (χ0n) is 19.9. The van der Waals surface area contributed by atoms with E-state index in [0.29, 0.717) is 28.2 Å². The van der Waals surface area contributed by atoms with Gasteiger partial charge < -0.3 is 25.5 Å². The third-order valence-corrected chi connectivity index (χ3v) is 5.96. The molecular weight excluding hydrogens is 493 g/mol. The highest BCUT2D eigenvalue weighted by atomic mass is 19.1. The van der Waals surface area contributed by atoms with Crippen LogP contribution in [0.5, 0.6) is 5.75 Å². The molecule has 11 heteroatoms. The van der Waals surface area contributed by atoms with Gasteiger partial charge in [0.25, 0.3) is 5.91 Å². The molecule has 0 spiro atoms. The van der Waals surface area contributed by atoms with Crippen molar-refractivity contribution in [3.8, 4) is 17.0 Å². The van der Waals surface area contributed by atoms with Crippen LogP contribution in [0.4, 0.5) is 26.4 Å². The second kappa shape index (κ2) is 10.4. The number of alkyl halides is 1. The molecular formula is C27H22FN5O5. The van der Waals surface area contributed by atoms with E-state index < -0.39 is 18.9 Å². The number of ether oxygens (including phenoxy) is 1. The first-order valence-corrected chi connectivity index (χ1v) is 11.6. The fraction of sp³-hybridized carbons (Fsp3) is 0.111. The molecule has 0 radical (unpaired) electrons. The van der Waals surface area contributed by atoms with Crippen molar-refractivity contribution in [1.82, 2.24) is 14.9 Å². The molecule has 2 aromatic carbocycles. The summed E-state index contributed by atoms with van der Waals surface area (Å²) >= 11 is 0. The highest BCUT2D eigenvalue weighted by molar-refractivity contribution is 6.09. The average Bonchev–Trinajstić information content (AvgIpc) is 3.28. The van der Waals surface area contributed by atoms with Gasteiger partial charge in [-0.25, -0.2) is 14.2 Å². The number of anilines is 3. The van der Waals surface area contributed by atoms with E-state index in [-0.39, 0.29) is 36.0 Å². The second-order valence-corrected chi connectivity index (χ2v) is 8.45. The zero-order valence-corrected chi connectivity index (χ0v) is 19.9. The van der Waals surface area contributed by atoms with E-state index in [1.165, 1.54) is 18.3 Å². The van der Waals surface area contributed by atoms with Crippen LogP contribution in [-0.4, -0.2) is 51.2 Å². The van der Waals surface area contributed by atoms with Gasteiger partial charge in [0.05, 0.1) is 30.0 Å². The molecule has 0 unspecified atom stereocenters. The van der Waals surface area contributed by atoms with E-state index in [4.69, 9.17) is 4.74 Å². The summed E-state index contributed by atoms with van der Waals surface area (Å²) in [5.41, 5.74) is 3.48. The number of hydrogen-bond acceptors (Lipinski definition) is 6. The average molecular weight is 516 g/mol. The van der Waals surface area contributed by atoms with Gasteiger partial charge in [-0.1, -0.05) is 24.3 Å². The van der Waals surface area contributed by atoms with Crippen molar-refractivity contribution in [2.75, 3.05) is 24.0 Å². The Kier molecular flexibility index (Phi) is 6.72. The molecule has 0 atom stereocenters. The van der Waals surface area contributed by atoms with Gasteiger partial charge in [0, 0.05) is 28.7 Å². The van der Waals surface area contributed by atoms with Crippen LogP contribution in [0.1, 0.15) is 26.4 Å². The van der Waals surface area contributed by atoms with E-state index >= 15 is 0 Å². The number of aromatic nitrogens is 2. The lowest BCUT2D eigenvalue weighted by Gasteiger charge is -2.23. The SMILES string of the molecule is O=C(Nc1cc(-c2[nH]c3c(c2Nc2ccccc2)C(=O)CN(C(=O)O)C3)ccn1)c1cccc(OCF)c1. The number of H-pyrrole nitrogens is 1. The first kappa shape index (κ1) is 24.5. The Balaban J connectivity index is 1.50. The summed E-state index contributed by atoms with van der Waals surface area (Å²) < 4.78 is 17.3. The van der Waals surface area contributed by atoms with Crippen molar-refractivity contribution in [2.45, 2.75) is 6.54 Å². The molecule has 0 fully saturated rings. The van der Waals surface area contributed by atoms with Gasteiger partial charge in [0.1, 0.15) is 11.6 Å². The van der Waals surface area contributed by atoms with E-state index in [9.17, 15) is 23.9 Å². The predicted octanol–water partition coefficient (Wildman–Crippen LogP) is 5.05. The number of fused-ring (bicyclic) bond motifs is 1. The fourth-order valence-electron chi connectivity index (χ4n) is 4.25. The second-order valence-electron chi connectivity index (χ2n) is 8.45. The van der Waals surface area contributed by atoms with Gasteiger partial charge in [0.15, 0.2) is 5.78 Å². The summed E-state index contributed by atoms with van der Waals surface area (Å²) in [6, 6.07) is 18.7. The molecule has 0 saturated heterocycles. The quantitative estimate of drug-likeness (QED) is 0.270. The summed E-state index contributed by atoms with van der Waals surface area (Å²) in [5, 5.41) is 15.4. The Morgan fingerprint density at radius 1 is 1.08 bits per heavy atom. The van der Waals surface area contributed by atoms with Crippen LogP contribution < -0.4 is 15.4 Å². The molecule has 38 heavy (non-hydrogen) atoms. The van der Waals surface area contributed by atoms with E-state index in [1.807, 2.05) is 30.3 Å². The Bertz CT molecular complexity index is 1520. The molecule has 2 amide bonds. The Labute approximate surface area is 216 Å². The number of para-hydroxylation sites is 1. The molecule has 3 heterocycles. The lowest BCUT2D eigenvalue weighted by molar-refractivity contribution is 0.0874. The molecule has 1 aliphatic heterocycles. The number of pyridine rings is 1. The third kappa shape index (κ3) is 5.03. The summed E-state index contributed by atoms with van der Waals surface area (Å²) in [6.45, 7) is -1.25. The van der Waals surface area contributed by atoms with E-state index in [0.717, 1.165) is 10.6 Å².